The summed E-state index contributed by atoms with van der Waals surface area (Å²) in [6.07, 6.45) is 1.29. The molecular formula is C20H23FN2O2. The van der Waals surface area contributed by atoms with Crippen molar-refractivity contribution in [1.29, 1.82) is 0 Å². The first-order valence-electron chi connectivity index (χ1n) is 8.60. The van der Waals surface area contributed by atoms with E-state index in [-0.39, 0.29) is 30.5 Å². The number of rotatable bonds is 4. The van der Waals surface area contributed by atoms with Crippen molar-refractivity contribution in [3.05, 3.63) is 71.5 Å². The first kappa shape index (κ1) is 17.4. The average molecular weight is 342 g/mol. The van der Waals surface area contributed by atoms with Crippen molar-refractivity contribution in [3.8, 4) is 0 Å². The number of piperidine rings is 1. The van der Waals surface area contributed by atoms with Crippen LogP contribution >= 0.6 is 0 Å². The molecule has 2 N–H and O–H groups in total. The molecule has 1 heterocycles. The van der Waals surface area contributed by atoms with Gasteiger partial charge in [0.2, 0.25) is 0 Å². The van der Waals surface area contributed by atoms with E-state index < -0.39 is 0 Å². The third kappa shape index (κ3) is 4.57. The largest absolute Gasteiger partial charge is 0.445 e. The molecular weight excluding hydrogens is 319 g/mol. The molecule has 0 aromatic heterocycles. The van der Waals surface area contributed by atoms with Crippen molar-refractivity contribution < 1.29 is 13.9 Å². The third-order valence-corrected chi connectivity index (χ3v) is 4.74. The third-order valence-electron chi connectivity index (χ3n) is 4.74. The van der Waals surface area contributed by atoms with Gasteiger partial charge in [0, 0.05) is 19.1 Å². The van der Waals surface area contributed by atoms with E-state index in [1.54, 1.807) is 11.0 Å². The number of carbonyl (C=O) groups excluding carboxylic acids is 1. The summed E-state index contributed by atoms with van der Waals surface area (Å²) in [5.74, 6) is -0.0325. The van der Waals surface area contributed by atoms with E-state index >= 15 is 0 Å². The molecule has 2 aromatic rings. The molecule has 0 saturated carbocycles. The molecule has 1 atom stereocenters. The minimum absolute atomic E-state index is 0.210. The van der Waals surface area contributed by atoms with Crippen molar-refractivity contribution in [3.63, 3.8) is 0 Å². The Morgan fingerprint density at radius 1 is 1.16 bits per heavy atom. The van der Waals surface area contributed by atoms with Crippen LogP contribution in [0.5, 0.6) is 0 Å². The summed E-state index contributed by atoms with van der Waals surface area (Å²) in [4.78, 5) is 13.9. The molecule has 25 heavy (non-hydrogen) atoms. The number of carbonyl (C=O) groups is 1. The molecule has 132 valence electrons. The maximum Gasteiger partial charge on any atom is 0.410 e. The number of hydrogen-bond donors (Lipinski definition) is 1. The molecule has 1 fully saturated rings. The lowest BCUT2D eigenvalue weighted by atomic mass is 9.86. The first-order valence-corrected chi connectivity index (χ1v) is 8.60. The first-order chi connectivity index (χ1) is 12.1. The lowest BCUT2D eigenvalue weighted by molar-refractivity contribution is 0.0797. The number of ether oxygens (including phenoxy) is 1. The van der Waals surface area contributed by atoms with E-state index in [2.05, 4.69) is 0 Å². The number of hydrogen-bond acceptors (Lipinski definition) is 3. The monoisotopic (exact) mass is 342 g/mol. The van der Waals surface area contributed by atoms with Crippen LogP contribution in [0, 0.1) is 11.7 Å². The highest BCUT2D eigenvalue weighted by molar-refractivity contribution is 5.67. The fraction of sp³-hybridized carbons (Fsp3) is 0.350. The molecule has 1 saturated heterocycles. The Labute approximate surface area is 147 Å². The zero-order valence-corrected chi connectivity index (χ0v) is 14.1. The van der Waals surface area contributed by atoms with Gasteiger partial charge in [0.1, 0.15) is 12.4 Å². The summed E-state index contributed by atoms with van der Waals surface area (Å²) in [5.41, 5.74) is 8.07. The van der Waals surface area contributed by atoms with Gasteiger partial charge in [-0.2, -0.15) is 0 Å². The van der Waals surface area contributed by atoms with Gasteiger partial charge in [-0.15, -0.1) is 0 Å². The van der Waals surface area contributed by atoms with E-state index in [0.717, 1.165) is 24.0 Å². The molecule has 1 aliphatic rings. The van der Waals surface area contributed by atoms with Gasteiger partial charge in [-0.1, -0.05) is 42.5 Å². The number of amides is 1. The molecule has 1 aliphatic heterocycles. The summed E-state index contributed by atoms with van der Waals surface area (Å²) in [6.45, 7) is 1.50. The molecule has 5 heteroatoms. The van der Waals surface area contributed by atoms with Gasteiger partial charge in [0.25, 0.3) is 0 Å². The van der Waals surface area contributed by atoms with Crippen molar-refractivity contribution in [1.82, 2.24) is 4.90 Å². The number of likely N-dealkylation sites (tertiary alicyclic amines) is 1. The zero-order chi connectivity index (χ0) is 17.6. The van der Waals surface area contributed by atoms with Gasteiger partial charge in [-0.25, -0.2) is 9.18 Å². The Balaban J connectivity index is 1.48. The fourth-order valence-corrected chi connectivity index (χ4v) is 3.24. The van der Waals surface area contributed by atoms with Crippen LogP contribution < -0.4 is 5.73 Å². The van der Waals surface area contributed by atoms with Gasteiger partial charge in [0.15, 0.2) is 0 Å². The van der Waals surface area contributed by atoms with Gasteiger partial charge in [-0.3, -0.25) is 0 Å². The van der Waals surface area contributed by atoms with Crippen LogP contribution in [0.2, 0.25) is 0 Å². The predicted octanol–water partition coefficient (Wildman–Crippen LogP) is 3.87. The molecule has 0 aliphatic carbocycles. The van der Waals surface area contributed by atoms with E-state index in [0.29, 0.717) is 13.1 Å². The van der Waals surface area contributed by atoms with Gasteiger partial charge in [-0.05, 0) is 42.0 Å². The second-order valence-electron chi connectivity index (χ2n) is 6.45. The molecule has 3 rings (SSSR count). The van der Waals surface area contributed by atoms with Crippen molar-refractivity contribution in [2.45, 2.75) is 25.5 Å². The van der Waals surface area contributed by atoms with E-state index in [4.69, 9.17) is 10.5 Å². The summed E-state index contributed by atoms with van der Waals surface area (Å²) in [5, 5.41) is 0. The van der Waals surface area contributed by atoms with Gasteiger partial charge < -0.3 is 15.4 Å². The van der Waals surface area contributed by atoms with Crippen LogP contribution in [0.4, 0.5) is 9.18 Å². The number of benzene rings is 2. The summed E-state index contributed by atoms with van der Waals surface area (Å²) in [6, 6.07) is 15.9. The molecule has 0 radical (unpaired) electrons. The number of halogens is 1. The summed E-state index contributed by atoms with van der Waals surface area (Å²) in [7, 11) is 0. The topological polar surface area (TPSA) is 55.6 Å². The van der Waals surface area contributed by atoms with E-state index in [1.165, 1.54) is 12.1 Å². The minimum atomic E-state index is -0.290. The Morgan fingerprint density at radius 2 is 1.88 bits per heavy atom. The smallest absolute Gasteiger partial charge is 0.410 e. The van der Waals surface area contributed by atoms with Crippen LogP contribution in [0.1, 0.15) is 30.0 Å². The normalized spacial score (nSPS) is 16.5. The highest BCUT2D eigenvalue weighted by atomic mass is 19.1. The van der Waals surface area contributed by atoms with Crippen molar-refractivity contribution in [2.24, 2.45) is 11.7 Å². The molecule has 2 aromatic carbocycles. The molecule has 4 nitrogen and oxygen atoms in total. The van der Waals surface area contributed by atoms with Crippen LogP contribution in [-0.4, -0.2) is 24.1 Å². The summed E-state index contributed by atoms with van der Waals surface area (Å²) < 4.78 is 18.7. The van der Waals surface area contributed by atoms with Crippen molar-refractivity contribution in [2.75, 3.05) is 13.1 Å². The molecule has 0 bridgehead atoms. The molecule has 0 spiro atoms. The second-order valence-corrected chi connectivity index (χ2v) is 6.45. The Kier molecular flexibility index (Phi) is 5.66. The lowest BCUT2D eigenvalue weighted by Gasteiger charge is -2.34. The predicted molar refractivity (Wildman–Crippen MR) is 94.3 cm³/mol. The van der Waals surface area contributed by atoms with Gasteiger partial charge in [0.05, 0.1) is 0 Å². The maximum atomic E-state index is 13.4. The SMILES string of the molecule is NC(c1cccc(F)c1)C1CCN(C(=O)OCc2ccccc2)CC1. The lowest BCUT2D eigenvalue weighted by Crippen LogP contribution is -2.41. The Bertz CT molecular complexity index is 700. The minimum Gasteiger partial charge on any atom is -0.445 e. The number of nitrogens with zero attached hydrogens (tertiary/aromatic N) is 1. The van der Waals surface area contributed by atoms with Gasteiger partial charge >= 0.3 is 6.09 Å². The zero-order valence-electron chi connectivity index (χ0n) is 14.1. The van der Waals surface area contributed by atoms with Crippen molar-refractivity contribution >= 4 is 6.09 Å². The second kappa shape index (κ2) is 8.12. The highest BCUT2D eigenvalue weighted by Crippen LogP contribution is 2.29. The molecule has 1 unspecified atom stereocenters. The average Bonchev–Trinajstić information content (AvgIpc) is 2.66. The highest BCUT2D eigenvalue weighted by Gasteiger charge is 2.28. The fourth-order valence-electron chi connectivity index (χ4n) is 3.24. The summed E-state index contributed by atoms with van der Waals surface area (Å²) >= 11 is 0. The number of nitrogens with two attached hydrogens (primary N) is 1. The van der Waals surface area contributed by atoms with E-state index in [9.17, 15) is 9.18 Å². The maximum absolute atomic E-state index is 13.4. The van der Waals surface area contributed by atoms with E-state index in [1.807, 2.05) is 36.4 Å². The van der Waals surface area contributed by atoms with Crippen LogP contribution in [0.3, 0.4) is 0 Å². The standard InChI is InChI=1S/C20H23FN2O2/c21-18-8-4-7-17(13-18)19(22)16-9-11-23(12-10-16)20(24)25-14-15-5-2-1-3-6-15/h1-8,13,16,19H,9-12,14,22H2. The quantitative estimate of drug-likeness (QED) is 0.917. The Hall–Kier alpha value is -2.40. The van der Waals surface area contributed by atoms with Crippen LogP contribution in [0.25, 0.3) is 0 Å². The Morgan fingerprint density at radius 3 is 2.56 bits per heavy atom. The van der Waals surface area contributed by atoms with Crippen LogP contribution in [-0.2, 0) is 11.3 Å². The molecule has 1 amide bonds. The van der Waals surface area contributed by atoms with Crippen LogP contribution in [0.15, 0.2) is 54.6 Å².